The summed E-state index contributed by atoms with van der Waals surface area (Å²) in [5.41, 5.74) is 2.65. The summed E-state index contributed by atoms with van der Waals surface area (Å²) in [6.45, 7) is 4.02. The summed E-state index contributed by atoms with van der Waals surface area (Å²) >= 11 is 8.86. The number of hydrogen-bond donors (Lipinski definition) is 1. The molecule has 0 saturated heterocycles. The Morgan fingerprint density at radius 2 is 1.86 bits per heavy atom. The predicted octanol–water partition coefficient (Wildman–Crippen LogP) is 5.73. The normalized spacial score (nSPS) is 11.8. The number of nitrogens with one attached hydrogen (secondary N) is 1. The average Bonchev–Trinajstić information content (AvgIpc) is 3.15. The van der Waals surface area contributed by atoms with Crippen molar-refractivity contribution in [3.63, 3.8) is 0 Å². The van der Waals surface area contributed by atoms with Gasteiger partial charge in [-0.1, -0.05) is 72.8 Å². The molecule has 1 atom stereocenters. The van der Waals surface area contributed by atoms with Crippen LogP contribution in [0.4, 0.5) is 5.13 Å². The average molecular weight is 443 g/mol. The molecule has 5 nitrogen and oxygen atoms in total. The van der Waals surface area contributed by atoms with Crippen LogP contribution in [0.1, 0.15) is 36.5 Å². The first-order valence-corrected chi connectivity index (χ1v) is 11.2. The minimum Gasteiger partial charge on any atom is -0.300 e. The fourth-order valence-electron chi connectivity index (χ4n) is 2.83. The number of benzene rings is 2. The van der Waals surface area contributed by atoms with Crippen LogP contribution in [0.25, 0.3) is 0 Å². The van der Waals surface area contributed by atoms with Crippen molar-refractivity contribution in [1.82, 2.24) is 10.2 Å². The van der Waals surface area contributed by atoms with E-state index in [0.717, 1.165) is 15.5 Å². The minimum absolute atomic E-state index is 0.109. The Kier molecular flexibility index (Phi) is 7.26. The number of aromatic nitrogens is 2. The topological polar surface area (TPSA) is 78.7 Å². The van der Waals surface area contributed by atoms with E-state index in [4.69, 9.17) is 16.9 Å². The lowest BCUT2D eigenvalue weighted by Crippen LogP contribution is -2.25. The zero-order valence-corrected chi connectivity index (χ0v) is 18.3. The second-order valence-electron chi connectivity index (χ2n) is 6.73. The quantitative estimate of drug-likeness (QED) is 0.373. The monoisotopic (exact) mass is 442 g/mol. The lowest BCUT2D eigenvalue weighted by molar-refractivity contribution is -0.118. The number of thioether (sulfide) groups is 1. The van der Waals surface area contributed by atoms with Gasteiger partial charge in [0.1, 0.15) is 0 Å². The third kappa shape index (κ3) is 5.80. The molecule has 148 valence electrons. The van der Waals surface area contributed by atoms with E-state index in [1.165, 1.54) is 11.3 Å². The SMILES string of the molecule is CC(C)C(C(=O)Nc1nnc(SCc2ccc(C#N)cc2)s1)c1ccc(Cl)cc1. The van der Waals surface area contributed by atoms with Gasteiger partial charge in [0.2, 0.25) is 11.0 Å². The summed E-state index contributed by atoms with van der Waals surface area (Å²) < 4.78 is 0.775. The first-order valence-electron chi connectivity index (χ1n) is 8.98. The molecular weight excluding hydrogens is 424 g/mol. The number of amides is 1. The van der Waals surface area contributed by atoms with Gasteiger partial charge in [-0.3, -0.25) is 10.1 Å². The Morgan fingerprint density at radius 1 is 1.17 bits per heavy atom. The molecule has 1 amide bonds. The van der Waals surface area contributed by atoms with Gasteiger partial charge in [0.05, 0.1) is 17.6 Å². The van der Waals surface area contributed by atoms with Crippen molar-refractivity contribution in [2.45, 2.75) is 29.9 Å². The molecule has 0 saturated carbocycles. The molecule has 0 aliphatic rings. The van der Waals surface area contributed by atoms with Crippen molar-refractivity contribution in [3.05, 3.63) is 70.2 Å². The highest BCUT2D eigenvalue weighted by atomic mass is 35.5. The lowest BCUT2D eigenvalue weighted by atomic mass is 9.88. The van der Waals surface area contributed by atoms with Crippen molar-refractivity contribution in [1.29, 1.82) is 5.26 Å². The maximum atomic E-state index is 12.9. The summed E-state index contributed by atoms with van der Waals surface area (Å²) in [6, 6.07) is 16.9. The van der Waals surface area contributed by atoms with Crippen LogP contribution in [-0.4, -0.2) is 16.1 Å². The number of hydrogen-bond acceptors (Lipinski definition) is 6. The summed E-state index contributed by atoms with van der Waals surface area (Å²) in [5.74, 6) is 0.426. The van der Waals surface area contributed by atoms with Crippen LogP contribution in [0.3, 0.4) is 0 Å². The van der Waals surface area contributed by atoms with Crippen molar-refractivity contribution < 1.29 is 4.79 Å². The number of carbonyl (C=O) groups is 1. The molecule has 0 bridgehead atoms. The molecule has 29 heavy (non-hydrogen) atoms. The van der Waals surface area contributed by atoms with E-state index in [1.807, 2.05) is 38.1 Å². The fraction of sp³-hybridized carbons (Fsp3) is 0.238. The van der Waals surface area contributed by atoms with Crippen molar-refractivity contribution in [2.75, 3.05) is 5.32 Å². The van der Waals surface area contributed by atoms with Crippen LogP contribution < -0.4 is 5.32 Å². The van der Waals surface area contributed by atoms with Gasteiger partial charge in [-0.15, -0.1) is 10.2 Å². The maximum Gasteiger partial charge on any atom is 0.234 e. The van der Waals surface area contributed by atoms with Gasteiger partial charge < -0.3 is 0 Å². The van der Waals surface area contributed by atoms with E-state index in [-0.39, 0.29) is 17.7 Å². The highest BCUT2D eigenvalue weighted by Crippen LogP contribution is 2.31. The number of carbonyl (C=O) groups excluding carboxylic acids is 1. The smallest absolute Gasteiger partial charge is 0.234 e. The second kappa shape index (κ2) is 9.88. The Balaban J connectivity index is 1.62. The van der Waals surface area contributed by atoms with Crippen molar-refractivity contribution >= 4 is 45.7 Å². The largest absolute Gasteiger partial charge is 0.300 e. The molecule has 1 unspecified atom stereocenters. The molecule has 1 N–H and O–H groups in total. The van der Waals surface area contributed by atoms with E-state index in [9.17, 15) is 4.79 Å². The zero-order valence-electron chi connectivity index (χ0n) is 15.9. The first-order chi connectivity index (χ1) is 14.0. The number of halogens is 1. The summed E-state index contributed by atoms with van der Waals surface area (Å²) in [5, 5.41) is 21.1. The number of nitriles is 1. The van der Waals surface area contributed by atoms with Crippen LogP contribution in [-0.2, 0) is 10.5 Å². The van der Waals surface area contributed by atoms with E-state index >= 15 is 0 Å². The molecule has 0 aliphatic carbocycles. The van der Waals surface area contributed by atoms with E-state index in [2.05, 4.69) is 21.6 Å². The van der Waals surface area contributed by atoms with Crippen LogP contribution in [0.5, 0.6) is 0 Å². The first kappa shape index (κ1) is 21.3. The van der Waals surface area contributed by atoms with Gasteiger partial charge in [-0.2, -0.15) is 5.26 Å². The molecule has 1 aromatic heterocycles. The Bertz CT molecular complexity index is 1010. The lowest BCUT2D eigenvalue weighted by Gasteiger charge is -2.20. The molecule has 8 heteroatoms. The highest BCUT2D eigenvalue weighted by Gasteiger charge is 2.25. The molecule has 3 rings (SSSR count). The fourth-order valence-corrected chi connectivity index (χ4v) is 4.67. The van der Waals surface area contributed by atoms with Gasteiger partial charge in [-0.05, 0) is 41.3 Å². The van der Waals surface area contributed by atoms with E-state index < -0.39 is 0 Å². The Labute approximate surface area is 183 Å². The standard InChI is InChI=1S/C21H19ClN4OS2/c1-13(2)18(16-7-9-17(22)10-8-16)19(27)24-20-25-26-21(29-20)28-12-15-5-3-14(11-23)4-6-15/h3-10,13,18H,12H2,1-2H3,(H,24,25,27). The maximum absolute atomic E-state index is 12.9. The van der Waals surface area contributed by atoms with Gasteiger partial charge in [0, 0.05) is 10.8 Å². The molecule has 0 fully saturated rings. The highest BCUT2D eigenvalue weighted by molar-refractivity contribution is 8.00. The minimum atomic E-state index is -0.300. The molecule has 0 spiro atoms. The zero-order chi connectivity index (χ0) is 20.8. The molecule has 0 aliphatic heterocycles. The summed E-state index contributed by atoms with van der Waals surface area (Å²) in [7, 11) is 0. The third-order valence-corrected chi connectivity index (χ3v) is 6.56. The van der Waals surface area contributed by atoms with Gasteiger partial charge in [0.25, 0.3) is 0 Å². The Morgan fingerprint density at radius 3 is 2.48 bits per heavy atom. The molecule has 0 radical (unpaired) electrons. The number of anilines is 1. The van der Waals surface area contributed by atoms with Gasteiger partial charge >= 0.3 is 0 Å². The Hall–Kier alpha value is -2.40. The van der Waals surface area contributed by atoms with Crippen LogP contribution in [0.2, 0.25) is 5.02 Å². The van der Waals surface area contributed by atoms with E-state index in [0.29, 0.717) is 21.5 Å². The third-order valence-electron chi connectivity index (χ3n) is 4.26. The number of nitrogens with zero attached hydrogens (tertiary/aromatic N) is 3. The second-order valence-corrected chi connectivity index (χ2v) is 9.37. The van der Waals surface area contributed by atoms with Crippen LogP contribution in [0.15, 0.2) is 52.9 Å². The predicted molar refractivity (Wildman–Crippen MR) is 118 cm³/mol. The molecule has 3 aromatic rings. The molecule has 1 heterocycles. The van der Waals surface area contributed by atoms with Crippen LogP contribution >= 0.6 is 34.7 Å². The summed E-state index contributed by atoms with van der Waals surface area (Å²) in [4.78, 5) is 12.9. The van der Waals surface area contributed by atoms with Gasteiger partial charge in [0.15, 0.2) is 4.34 Å². The van der Waals surface area contributed by atoms with Crippen molar-refractivity contribution in [3.8, 4) is 6.07 Å². The van der Waals surface area contributed by atoms with Gasteiger partial charge in [-0.25, -0.2) is 0 Å². The summed E-state index contributed by atoms with van der Waals surface area (Å²) in [6.07, 6.45) is 0. The molecular formula is C21H19ClN4OS2. The van der Waals surface area contributed by atoms with Crippen molar-refractivity contribution in [2.24, 2.45) is 5.92 Å². The number of rotatable bonds is 7. The molecule has 2 aromatic carbocycles. The van der Waals surface area contributed by atoms with E-state index in [1.54, 1.807) is 36.0 Å². The van der Waals surface area contributed by atoms with Crippen LogP contribution in [0, 0.1) is 17.2 Å².